The number of nitrogens with zero attached hydrogens (tertiary/aromatic N) is 3. The van der Waals surface area contributed by atoms with Crippen LogP contribution in [0.2, 0.25) is 0 Å². The Balaban J connectivity index is 1.56. The second-order valence-corrected chi connectivity index (χ2v) is 6.87. The molecule has 6 nitrogen and oxygen atoms in total. The minimum Gasteiger partial charge on any atom is -0.378 e. The van der Waals surface area contributed by atoms with E-state index >= 15 is 0 Å². The van der Waals surface area contributed by atoms with Crippen LogP contribution < -0.4 is 4.90 Å². The molecule has 1 atom stereocenters. The van der Waals surface area contributed by atoms with Gasteiger partial charge in [-0.1, -0.05) is 18.7 Å². The van der Waals surface area contributed by atoms with Crippen LogP contribution in [-0.4, -0.2) is 73.6 Å². The van der Waals surface area contributed by atoms with Crippen LogP contribution in [0.5, 0.6) is 0 Å². The fourth-order valence-electron chi connectivity index (χ4n) is 3.58. The van der Waals surface area contributed by atoms with Crippen molar-refractivity contribution in [1.29, 1.82) is 0 Å². The predicted octanol–water partition coefficient (Wildman–Crippen LogP) is 1.31. The first-order chi connectivity index (χ1) is 12.6. The largest absolute Gasteiger partial charge is 0.378 e. The standard InChI is InChI=1S/C20H27N3O3/c1-3-19(24)22-8-9-23(16(2)15-22)20(25)14-17-4-6-18(7-5-17)21-10-12-26-13-11-21/h3-7,16H,1,8-15H2,2H3/t16-/m0/s1. The molecule has 2 heterocycles. The summed E-state index contributed by atoms with van der Waals surface area (Å²) in [4.78, 5) is 30.3. The molecule has 140 valence electrons. The number of ether oxygens (including phenoxy) is 1. The van der Waals surface area contributed by atoms with E-state index in [-0.39, 0.29) is 17.9 Å². The van der Waals surface area contributed by atoms with Crippen molar-refractivity contribution >= 4 is 17.5 Å². The summed E-state index contributed by atoms with van der Waals surface area (Å²) in [6.07, 6.45) is 1.73. The number of amides is 2. The Morgan fingerprint density at radius 3 is 2.46 bits per heavy atom. The summed E-state index contributed by atoms with van der Waals surface area (Å²) in [5.41, 5.74) is 2.19. The zero-order valence-electron chi connectivity index (χ0n) is 15.4. The summed E-state index contributed by atoms with van der Waals surface area (Å²) in [5.74, 6) is 0.0463. The van der Waals surface area contributed by atoms with Gasteiger partial charge in [-0.15, -0.1) is 0 Å². The topological polar surface area (TPSA) is 53.1 Å². The van der Waals surface area contributed by atoms with Gasteiger partial charge >= 0.3 is 0 Å². The second kappa shape index (κ2) is 8.36. The molecule has 2 fully saturated rings. The predicted molar refractivity (Wildman–Crippen MR) is 101 cm³/mol. The lowest BCUT2D eigenvalue weighted by atomic mass is 10.1. The molecule has 0 spiro atoms. The van der Waals surface area contributed by atoms with Gasteiger partial charge < -0.3 is 19.4 Å². The van der Waals surface area contributed by atoms with E-state index in [4.69, 9.17) is 4.74 Å². The van der Waals surface area contributed by atoms with Crippen LogP contribution in [0.3, 0.4) is 0 Å². The average molecular weight is 357 g/mol. The van der Waals surface area contributed by atoms with E-state index in [1.54, 1.807) is 4.90 Å². The highest BCUT2D eigenvalue weighted by Crippen LogP contribution is 2.18. The van der Waals surface area contributed by atoms with Gasteiger partial charge in [0, 0.05) is 44.5 Å². The molecule has 0 aromatic heterocycles. The maximum absolute atomic E-state index is 12.7. The summed E-state index contributed by atoms with van der Waals surface area (Å²) in [7, 11) is 0. The van der Waals surface area contributed by atoms with E-state index in [0.29, 0.717) is 26.1 Å². The summed E-state index contributed by atoms with van der Waals surface area (Å²) in [6.45, 7) is 10.6. The summed E-state index contributed by atoms with van der Waals surface area (Å²) >= 11 is 0. The highest BCUT2D eigenvalue weighted by molar-refractivity contribution is 5.87. The number of anilines is 1. The molecular weight excluding hydrogens is 330 g/mol. The first-order valence-electron chi connectivity index (χ1n) is 9.21. The van der Waals surface area contributed by atoms with Crippen LogP contribution in [0.1, 0.15) is 12.5 Å². The minimum absolute atomic E-state index is 0.0211. The first-order valence-corrected chi connectivity index (χ1v) is 9.21. The number of piperazine rings is 1. The summed E-state index contributed by atoms with van der Waals surface area (Å²) < 4.78 is 5.38. The number of benzene rings is 1. The lowest BCUT2D eigenvalue weighted by Crippen LogP contribution is -2.55. The van der Waals surface area contributed by atoms with Crippen LogP contribution in [0.25, 0.3) is 0 Å². The molecule has 2 amide bonds. The number of morpholine rings is 1. The highest BCUT2D eigenvalue weighted by Gasteiger charge is 2.28. The molecule has 3 rings (SSSR count). The zero-order valence-corrected chi connectivity index (χ0v) is 15.4. The van der Waals surface area contributed by atoms with Gasteiger partial charge in [-0.25, -0.2) is 0 Å². The number of carbonyl (C=O) groups is 2. The monoisotopic (exact) mass is 357 g/mol. The third-order valence-corrected chi connectivity index (χ3v) is 5.10. The molecule has 0 N–H and O–H groups in total. The maximum Gasteiger partial charge on any atom is 0.246 e. The van der Waals surface area contributed by atoms with E-state index < -0.39 is 0 Å². The van der Waals surface area contributed by atoms with Crippen LogP contribution in [-0.2, 0) is 20.7 Å². The van der Waals surface area contributed by atoms with Gasteiger partial charge in [-0.2, -0.15) is 0 Å². The molecule has 0 aliphatic carbocycles. The third kappa shape index (κ3) is 4.25. The lowest BCUT2D eigenvalue weighted by Gasteiger charge is -2.39. The van der Waals surface area contributed by atoms with Crippen molar-refractivity contribution in [3.8, 4) is 0 Å². The van der Waals surface area contributed by atoms with E-state index in [0.717, 1.165) is 31.9 Å². The van der Waals surface area contributed by atoms with Gasteiger partial charge in [0.25, 0.3) is 0 Å². The van der Waals surface area contributed by atoms with Crippen molar-refractivity contribution in [3.05, 3.63) is 42.5 Å². The van der Waals surface area contributed by atoms with Gasteiger partial charge in [-0.05, 0) is 30.7 Å². The minimum atomic E-state index is -0.0670. The molecule has 2 saturated heterocycles. The van der Waals surface area contributed by atoms with Gasteiger partial charge in [0.05, 0.1) is 19.6 Å². The molecule has 6 heteroatoms. The Bertz CT molecular complexity index is 653. The molecule has 1 aromatic carbocycles. The molecule has 0 bridgehead atoms. The van der Waals surface area contributed by atoms with Crippen molar-refractivity contribution in [1.82, 2.24) is 9.80 Å². The number of hydrogen-bond donors (Lipinski definition) is 0. The SMILES string of the molecule is C=CC(=O)N1CCN(C(=O)Cc2ccc(N3CCOCC3)cc2)[C@@H](C)C1. The van der Waals surface area contributed by atoms with Crippen molar-refractivity contribution in [2.45, 2.75) is 19.4 Å². The smallest absolute Gasteiger partial charge is 0.246 e. The maximum atomic E-state index is 12.7. The fourth-order valence-corrected chi connectivity index (χ4v) is 3.58. The Morgan fingerprint density at radius 1 is 1.15 bits per heavy atom. The van der Waals surface area contributed by atoms with Crippen LogP contribution in [0, 0.1) is 0 Å². The lowest BCUT2D eigenvalue weighted by molar-refractivity contribution is -0.139. The van der Waals surface area contributed by atoms with Crippen LogP contribution >= 0.6 is 0 Å². The van der Waals surface area contributed by atoms with Gasteiger partial charge in [0.2, 0.25) is 11.8 Å². The Morgan fingerprint density at radius 2 is 1.85 bits per heavy atom. The van der Waals surface area contributed by atoms with E-state index in [1.165, 1.54) is 11.8 Å². The van der Waals surface area contributed by atoms with E-state index in [2.05, 4.69) is 23.6 Å². The molecule has 0 radical (unpaired) electrons. The van der Waals surface area contributed by atoms with Crippen molar-refractivity contribution in [3.63, 3.8) is 0 Å². The van der Waals surface area contributed by atoms with E-state index in [1.807, 2.05) is 24.0 Å². The van der Waals surface area contributed by atoms with Gasteiger partial charge in [-0.3, -0.25) is 9.59 Å². The Hall–Kier alpha value is -2.34. The van der Waals surface area contributed by atoms with Crippen molar-refractivity contribution in [2.24, 2.45) is 0 Å². The van der Waals surface area contributed by atoms with Gasteiger partial charge in [0.15, 0.2) is 0 Å². The Kier molecular flexibility index (Phi) is 5.93. The summed E-state index contributed by atoms with van der Waals surface area (Å²) in [5, 5.41) is 0. The normalized spacial score (nSPS) is 20.8. The quantitative estimate of drug-likeness (QED) is 0.763. The molecule has 2 aliphatic heterocycles. The molecule has 26 heavy (non-hydrogen) atoms. The van der Waals surface area contributed by atoms with E-state index in [9.17, 15) is 9.59 Å². The van der Waals surface area contributed by atoms with Gasteiger partial charge in [0.1, 0.15) is 0 Å². The molecule has 0 saturated carbocycles. The summed E-state index contributed by atoms with van der Waals surface area (Å²) in [6, 6.07) is 8.25. The van der Waals surface area contributed by atoms with Crippen LogP contribution in [0.4, 0.5) is 5.69 Å². The first kappa shape index (κ1) is 18.5. The highest BCUT2D eigenvalue weighted by atomic mass is 16.5. The molecule has 2 aliphatic rings. The second-order valence-electron chi connectivity index (χ2n) is 6.87. The number of rotatable bonds is 4. The molecular formula is C20H27N3O3. The Labute approximate surface area is 155 Å². The third-order valence-electron chi connectivity index (χ3n) is 5.10. The van der Waals surface area contributed by atoms with Crippen molar-refractivity contribution < 1.29 is 14.3 Å². The number of carbonyl (C=O) groups excluding carboxylic acids is 2. The molecule has 0 unspecified atom stereocenters. The van der Waals surface area contributed by atoms with Crippen LogP contribution in [0.15, 0.2) is 36.9 Å². The fraction of sp³-hybridized carbons (Fsp3) is 0.500. The zero-order chi connectivity index (χ0) is 18.5. The average Bonchev–Trinajstić information content (AvgIpc) is 2.68. The van der Waals surface area contributed by atoms with Crippen molar-refractivity contribution in [2.75, 3.05) is 50.8 Å². The number of hydrogen-bond acceptors (Lipinski definition) is 4. The molecule has 1 aromatic rings.